The summed E-state index contributed by atoms with van der Waals surface area (Å²) in [6.45, 7) is 13.4. The standard InChI is InChI=1S/C38H35N3O/c1-23(2)27-14-11-17-33-34(27)28-15-10-16-29(36(28)42-33)37-40-31-20-21-39-24(3)35(31)41(37)32-19-18-26(22-30(32)38(4,5)6)25-12-8-7-9-13-25/h7-23H,1-6H3. The van der Waals surface area contributed by atoms with Gasteiger partial charge in [-0.1, -0.05) is 95.3 Å². The summed E-state index contributed by atoms with van der Waals surface area (Å²) in [5, 5.41) is 2.31. The van der Waals surface area contributed by atoms with E-state index in [0.717, 1.165) is 50.4 Å². The minimum atomic E-state index is -0.123. The van der Waals surface area contributed by atoms with Gasteiger partial charge >= 0.3 is 0 Å². The van der Waals surface area contributed by atoms with Crippen LogP contribution in [0.3, 0.4) is 0 Å². The summed E-state index contributed by atoms with van der Waals surface area (Å²) in [5.74, 6) is 1.24. The molecule has 3 aromatic heterocycles. The quantitative estimate of drug-likeness (QED) is 0.219. The van der Waals surface area contributed by atoms with Crippen molar-refractivity contribution in [3.8, 4) is 28.2 Å². The van der Waals surface area contributed by atoms with Crippen LogP contribution in [0.4, 0.5) is 0 Å². The first-order valence-electron chi connectivity index (χ1n) is 14.7. The van der Waals surface area contributed by atoms with Gasteiger partial charge < -0.3 is 4.42 Å². The van der Waals surface area contributed by atoms with Crippen LogP contribution in [-0.2, 0) is 5.41 Å². The normalized spacial score (nSPS) is 12.3. The number of aryl methyl sites for hydroxylation is 1. The highest BCUT2D eigenvalue weighted by atomic mass is 16.3. The van der Waals surface area contributed by atoms with Gasteiger partial charge in [0.15, 0.2) is 0 Å². The fourth-order valence-electron chi connectivity index (χ4n) is 6.27. The number of para-hydroxylation sites is 1. The minimum Gasteiger partial charge on any atom is -0.455 e. The zero-order valence-electron chi connectivity index (χ0n) is 25.1. The summed E-state index contributed by atoms with van der Waals surface area (Å²) < 4.78 is 8.96. The fourth-order valence-corrected chi connectivity index (χ4v) is 6.27. The number of hydrogen-bond donors (Lipinski definition) is 0. The molecule has 4 nitrogen and oxygen atoms in total. The Bertz CT molecular complexity index is 2110. The van der Waals surface area contributed by atoms with Crippen LogP contribution in [0.5, 0.6) is 0 Å². The summed E-state index contributed by atoms with van der Waals surface area (Å²) in [7, 11) is 0. The summed E-state index contributed by atoms with van der Waals surface area (Å²) in [5.41, 5.74) is 11.5. The molecule has 0 amide bonds. The molecule has 7 rings (SSSR count). The van der Waals surface area contributed by atoms with E-state index in [0.29, 0.717) is 5.92 Å². The van der Waals surface area contributed by atoms with Gasteiger partial charge in [-0.25, -0.2) is 4.98 Å². The number of fused-ring (bicyclic) bond motifs is 4. The number of nitrogens with zero attached hydrogens (tertiary/aromatic N) is 3. The number of benzene rings is 4. The molecular formula is C38H35N3O. The van der Waals surface area contributed by atoms with Gasteiger partial charge in [0.25, 0.3) is 0 Å². The molecule has 0 N–H and O–H groups in total. The highest BCUT2D eigenvalue weighted by Gasteiger charge is 2.26. The molecule has 0 saturated heterocycles. The van der Waals surface area contributed by atoms with Crippen LogP contribution >= 0.6 is 0 Å². The molecule has 7 aromatic rings. The van der Waals surface area contributed by atoms with Crippen LogP contribution in [-0.4, -0.2) is 14.5 Å². The van der Waals surface area contributed by atoms with Crippen molar-refractivity contribution in [2.75, 3.05) is 0 Å². The summed E-state index contributed by atoms with van der Waals surface area (Å²) >= 11 is 0. The smallest absolute Gasteiger partial charge is 0.149 e. The SMILES string of the molecule is Cc1nccc2nc(-c3cccc4c3oc3cccc(C(C)C)c34)n(-c3ccc(-c4ccccc4)cc3C(C)(C)C)c12. The van der Waals surface area contributed by atoms with Crippen molar-refractivity contribution in [2.45, 2.75) is 52.9 Å². The van der Waals surface area contributed by atoms with Crippen LogP contribution in [0, 0.1) is 6.92 Å². The number of aromatic nitrogens is 3. The van der Waals surface area contributed by atoms with Gasteiger partial charge in [-0.15, -0.1) is 0 Å². The topological polar surface area (TPSA) is 43.9 Å². The zero-order valence-corrected chi connectivity index (χ0v) is 25.1. The second-order valence-electron chi connectivity index (χ2n) is 12.5. The molecule has 0 radical (unpaired) electrons. The van der Waals surface area contributed by atoms with Crippen molar-refractivity contribution in [1.29, 1.82) is 0 Å². The molecule has 208 valence electrons. The molecule has 0 saturated carbocycles. The molecule has 4 heteroatoms. The van der Waals surface area contributed by atoms with E-state index in [2.05, 4.69) is 131 Å². The van der Waals surface area contributed by atoms with Gasteiger partial charge in [0, 0.05) is 17.0 Å². The molecular weight excluding hydrogens is 514 g/mol. The van der Waals surface area contributed by atoms with Crippen molar-refractivity contribution in [3.63, 3.8) is 0 Å². The highest BCUT2D eigenvalue weighted by molar-refractivity contribution is 6.11. The van der Waals surface area contributed by atoms with Crippen LogP contribution in [0.1, 0.15) is 57.4 Å². The second kappa shape index (κ2) is 9.70. The molecule has 3 heterocycles. The molecule has 4 aromatic carbocycles. The Balaban J connectivity index is 1.57. The van der Waals surface area contributed by atoms with E-state index in [1.165, 1.54) is 27.6 Å². The second-order valence-corrected chi connectivity index (χ2v) is 12.5. The Morgan fingerprint density at radius 3 is 2.36 bits per heavy atom. The van der Waals surface area contributed by atoms with Crippen molar-refractivity contribution in [3.05, 3.63) is 114 Å². The Morgan fingerprint density at radius 1 is 0.810 bits per heavy atom. The van der Waals surface area contributed by atoms with Crippen molar-refractivity contribution in [1.82, 2.24) is 14.5 Å². The molecule has 0 bridgehead atoms. The lowest BCUT2D eigenvalue weighted by molar-refractivity contribution is 0.587. The molecule has 0 aliphatic carbocycles. The summed E-state index contributed by atoms with van der Waals surface area (Å²) in [4.78, 5) is 9.97. The largest absolute Gasteiger partial charge is 0.455 e. The van der Waals surface area contributed by atoms with E-state index in [1.807, 2.05) is 12.3 Å². The Hall–Kier alpha value is -4.70. The predicted molar refractivity (Wildman–Crippen MR) is 175 cm³/mol. The maximum absolute atomic E-state index is 6.65. The maximum atomic E-state index is 6.65. The lowest BCUT2D eigenvalue weighted by atomic mass is 9.83. The monoisotopic (exact) mass is 549 g/mol. The molecule has 42 heavy (non-hydrogen) atoms. The fraction of sp³-hybridized carbons (Fsp3) is 0.211. The first-order valence-corrected chi connectivity index (χ1v) is 14.7. The van der Waals surface area contributed by atoms with E-state index in [-0.39, 0.29) is 5.41 Å². The highest BCUT2D eigenvalue weighted by Crippen LogP contribution is 2.42. The summed E-state index contributed by atoms with van der Waals surface area (Å²) in [6.07, 6.45) is 1.85. The van der Waals surface area contributed by atoms with Gasteiger partial charge in [0.05, 0.1) is 28.0 Å². The Morgan fingerprint density at radius 2 is 1.60 bits per heavy atom. The van der Waals surface area contributed by atoms with Gasteiger partial charge in [0.2, 0.25) is 0 Å². The number of pyridine rings is 1. The van der Waals surface area contributed by atoms with Crippen molar-refractivity contribution < 1.29 is 4.42 Å². The van der Waals surface area contributed by atoms with Gasteiger partial charge in [0.1, 0.15) is 17.0 Å². The molecule has 0 unspecified atom stereocenters. The third-order valence-electron chi connectivity index (χ3n) is 8.32. The molecule has 0 aliphatic heterocycles. The molecule has 0 atom stereocenters. The Kier molecular flexibility index (Phi) is 6.05. The van der Waals surface area contributed by atoms with E-state index < -0.39 is 0 Å². The number of imidazole rings is 1. The van der Waals surface area contributed by atoms with Crippen molar-refractivity contribution in [2.24, 2.45) is 0 Å². The van der Waals surface area contributed by atoms with E-state index >= 15 is 0 Å². The zero-order chi connectivity index (χ0) is 29.2. The molecule has 0 aliphatic rings. The van der Waals surface area contributed by atoms with Crippen molar-refractivity contribution >= 4 is 33.0 Å². The number of furan rings is 1. The lowest BCUT2D eigenvalue weighted by Gasteiger charge is -2.26. The van der Waals surface area contributed by atoms with E-state index in [9.17, 15) is 0 Å². The van der Waals surface area contributed by atoms with Crippen LogP contribution in [0.25, 0.3) is 61.2 Å². The third-order valence-corrected chi connectivity index (χ3v) is 8.32. The van der Waals surface area contributed by atoms with Crippen LogP contribution < -0.4 is 0 Å². The van der Waals surface area contributed by atoms with Gasteiger partial charge in [-0.3, -0.25) is 9.55 Å². The lowest BCUT2D eigenvalue weighted by Crippen LogP contribution is -2.16. The number of rotatable bonds is 4. The van der Waals surface area contributed by atoms with Gasteiger partial charge in [-0.2, -0.15) is 0 Å². The Labute approximate surface area is 246 Å². The van der Waals surface area contributed by atoms with E-state index in [1.54, 1.807) is 0 Å². The maximum Gasteiger partial charge on any atom is 0.149 e. The first kappa shape index (κ1) is 26.2. The average molecular weight is 550 g/mol. The predicted octanol–water partition coefficient (Wildman–Crippen LogP) is 10.4. The first-order chi connectivity index (χ1) is 20.2. The average Bonchev–Trinajstić information content (AvgIpc) is 3.56. The summed E-state index contributed by atoms with van der Waals surface area (Å²) in [6, 6.07) is 32.2. The van der Waals surface area contributed by atoms with Crippen LogP contribution in [0.2, 0.25) is 0 Å². The minimum absolute atomic E-state index is 0.123. The van der Waals surface area contributed by atoms with Gasteiger partial charge in [-0.05, 0) is 70.8 Å². The van der Waals surface area contributed by atoms with Crippen LogP contribution in [0.15, 0.2) is 102 Å². The third kappa shape index (κ3) is 4.13. The molecule has 0 fully saturated rings. The molecule has 0 spiro atoms. The number of hydrogen-bond acceptors (Lipinski definition) is 3. The van der Waals surface area contributed by atoms with E-state index in [4.69, 9.17) is 14.4 Å².